The summed E-state index contributed by atoms with van der Waals surface area (Å²) in [5.74, 6) is -0.0563. The molecule has 6 heterocycles. The third kappa shape index (κ3) is 8.81. The molecule has 62 heavy (non-hydrogen) atoms. The fourth-order valence-electron chi connectivity index (χ4n) is 8.12. The molecule has 2 aliphatic rings. The Morgan fingerprint density at radius 1 is 0.677 bits per heavy atom. The van der Waals surface area contributed by atoms with Crippen molar-refractivity contribution < 1.29 is 19.4 Å². The number of amides is 2. The normalized spacial score (nSPS) is 14.3. The van der Waals surface area contributed by atoms with Gasteiger partial charge in [0.25, 0.3) is 11.8 Å². The van der Waals surface area contributed by atoms with Crippen molar-refractivity contribution in [3.63, 3.8) is 0 Å². The summed E-state index contributed by atoms with van der Waals surface area (Å²) in [7, 11) is 5.45. The van der Waals surface area contributed by atoms with Crippen molar-refractivity contribution in [1.29, 1.82) is 0 Å². The number of carbonyl (C=O) groups excluding carboxylic acids is 2. The van der Waals surface area contributed by atoms with Crippen LogP contribution in [0.15, 0.2) is 87.1 Å². The van der Waals surface area contributed by atoms with Gasteiger partial charge in [0, 0.05) is 76.7 Å². The van der Waals surface area contributed by atoms with E-state index in [2.05, 4.69) is 0 Å². The third-order valence-corrected chi connectivity index (χ3v) is 12.9. The van der Waals surface area contributed by atoms with E-state index in [1.807, 2.05) is 76.8 Å². The highest BCUT2D eigenvalue weighted by Crippen LogP contribution is 2.36. The zero-order chi connectivity index (χ0) is 44.2. The molecule has 0 N–H and O–H groups in total. The second kappa shape index (κ2) is 18.7. The number of pyridine rings is 2. The predicted molar refractivity (Wildman–Crippen MR) is 243 cm³/mol. The Hall–Kier alpha value is -6.44. The van der Waals surface area contributed by atoms with Crippen LogP contribution in [0.25, 0.3) is 21.8 Å². The van der Waals surface area contributed by atoms with Gasteiger partial charge in [0.2, 0.25) is 0 Å². The highest BCUT2D eigenvalue weighted by molar-refractivity contribution is 7.12. The summed E-state index contributed by atoms with van der Waals surface area (Å²) in [6.07, 6.45) is 0.704. The van der Waals surface area contributed by atoms with Gasteiger partial charge in [0.15, 0.2) is 0 Å². The van der Waals surface area contributed by atoms with Crippen LogP contribution in [0.3, 0.4) is 0 Å². The molecule has 2 aromatic carbocycles. The molecule has 2 saturated heterocycles. The molecule has 2 fully saturated rings. The Kier molecular flexibility index (Phi) is 13.1. The van der Waals surface area contributed by atoms with Crippen LogP contribution >= 0.6 is 22.7 Å². The number of aromatic nitrogens is 2. The van der Waals surface area contributed by atoms with Gasteiger partial charge in [-0.3, -0.25) is 39.4 Å². The lowest BCUT2D eigenvalue weighted by Gasteiger charge is -2.36. The summed E-state index contributed by atoms with van der Waals surface area (Å²) in [5, 5.41) is 29.0. The average Bonchev–Trinajstić information content (AvgIpc) is 4.01. The van der Waals surface area contributed by atoms with Crippen molar-refractivity contribution in [2.24, 2.45) is 7.05 Å². The molecule has 0 unspecified atom stereocenters. The number of aryl methyl sites for hydroxylation is 3. The highest BCUT2D eigenvalue weighted by Gasteiger charge is 2.34. The van der Waals surface area contributed by atoms with Crippen LogP contribution in [-0.4, -0.2) is 118 Å². The van der Waals surface area contributed by atoms with Gasteiger partial charge in [-0.15, -0.1) is 22.7 Å². The van der Waals surface area contributed by atoms with Gasteiger partial charge < -0.3 is 33.6 Å². The molecule has 0 atom stereocenters. The SMILES string of the molecule is Cc1ccc2c(c1)c(N1CCN(C(=O)c3cccs3)CC1)c([N+](=O)[O-])c(=O)n2CCCN(C)C.Cn1c(=O)c([N+](=O)[O-])c(N2CCN(C(=O)c3cccs3)CC2)c2ccccc21. The van der Waals surface area contributed by atoms with Crippen molar-refractivity contribution >= 4 is 79.0 Å². The molecule has 19 heteroatoms. The first-order valence-electron chi connectivity index (χ1n) is 20.1. The van der Waals surface area contributed by atoms with Gasteiger partial charge in [0.05, 0.1) is 30.6 Å². The van der Waals surface area contributed by atoms with Gasteiger partial charge >= 0.3 is 22.5 Å². The first kappa shape index (κ1) is 43.6. The summed E-state index contributed by atoms with van der Waals surface area (Å²) >= 11 is 2.80. The van der Waals surface area contributed by atoms with E-state index in [4.69, 9.17) is 0 Å². The molecule has 0 saturated carbocycles. The van der Waals surface area contributed by atoms with Gasteiger partial charge in [-0.05, 0) is 75.1 Å². The van der Waals surface area contributed by atoms with Crippen molar-refractivity contribution in [2.45, 2.75) is 19.9 Å². The minimum absolute atomic E-state index is 0.0267. The number of rotatable bonds is 10. The third-order valence-electron chi connectivity index (χ3n) is 11.2. The minimum atomic E-state index is -0.629. The summed E-state index contributed by atoms with van der Waals surface area (Å²) in [4.78, 5) is 84.7. The van der Waals surface area contributed by atoms with E-state index in [1.54, 1.807) is 53.2 Å². The van der Waals surface area contributed by atoms with E-state index >= 15 is 0 Å². The number of carbonyl (C=O) groups is 2. The predicted octanol–water partition coefficient (Wildman–Crippen LogP) is 5.66. The number of hydrogen-bond acceptors (Lipinski definition) is 13. The maximum atomic E-state index is 13.4. The maximum Gasteiger partial charge on any atom is 0.357 e. The fraction of sp³-hybridized carbons (Fsp3) is 0.349. The zero-order valence-electron chi connectivity index (χ0n) is 34.9. The Bertz CT molecular complexity index is 2750. The van der Waals surface area contributed by atoms with E-state index in [0.29, 0.717) is 108 Å². The number of nitro groups is 2. The minimum Gasteiger partial charge on any atom is -0.362 e. The summed E-state index contributed by atoms with van der Waals surface area (Å²) in [6, 6.07) is 20.2. The first-order valence-corrected chi connectivity index (χ1v) is 21.9. The molecule has 0 radical (unpaired) electrons. The summed E-state index contributed by atoms with van der Waals surface area (Å²) < 4.78 is 2.85. The topological polar surface area (TPSA) is 181 Å². The molecule has 324 valence electrons. The Labute approximate surface area is 364 Å². The van der Waals surface area contributed by atoms with Crippen LogP contribution in [0.1, 0.15) is 31.3 Å². The molecule has 8 rings (SSSR count). The highest BCUT2D eigenvalue weighted by atomic mass is 32.1. The average molecular weight is 882 g/mol. The first-order chi connectivity index (χ1) is 29.8. The van der Waals surface area contributed by atoms with Gasteiger partial charge in [-0.25, -0.2) is 0 Å². The van der Waals surface area contributed by atoms with Crippen molar-refractivity contribution in [2.75, 3.05) is 82.8 Å². The summed E-state index contributed by atoms with van der Waals surface area (Å²) in [6.45, 7) is 6.57. The van der Waals surface area contributed by atoms with Crippen molar-refractivity contribution in [1.82, 2.24) is 23.8 Å². The zero-order valence-corrected chi connectivity index (χ0v) is 36.5. The van der Waals surface area contributed by atoms with E-state index in [0.717, 1.165) is 12.1 Å². The van der Waals surface area contributed by atoms with Crippen molar-refractivity contribution in [3.8, 4) is 0 Å². The molecular weight excluding hydrogens is 835 g/mol. The number of thiophene rings is 2. The second-order valence-electron chi connectivity index (χ2n) is 15.4. The standard InChI is InChI=1S/C24H29N5O4S.C19H18N4O4S/c1-17-7-8-19-18(16-17)21(22(29(32)33)24(31)28(19)10-5-9-25(2)3)26-11-13-27(14-12-26)23(30)20-6-4-15-34-20;1-20-14-6-3-2-5-13(14)16(17(19(20)25)23(26)27)21-8-10-22(11-9-21)18(24)15-7-4-12-28-15/h4,6-8,15-16H,5,9-14H2,1-3H3;2-7,12H,8-11H2,1H3. The molecular formula is C43H47N9O8S2. The van der Waals surface area contributed by atoms with Crippen LogP contribution < -0.4 is 20.9 Å². The van der Waals surface area contributed by atoms with Crippen LogP contribution in [0, 0.1) is 27.2 Å². The molecule has 0 spiro atoms. The van der Waals surface area contributed by atoms with E-state index < -0.39 is 26.7 Å². The Morgan fingerprint density at radius 2 is 1.19 bits per heavy atom. The van der Waals surface area contributed by atoms with Gasteiger partial charge in [0.1, 0.15) is 11.4 Å². The molecule has 17 nitrogen and oxygen atoms in total. The smallest absolute Gasteiger partial charge is 0.357 e. The van der Waals surface area contributed by atoms with Crippen molar-refractivity contribution in [3.05, 3.63) is 134 Å². The monoisotopic (exact) mass is 881 g/mol. The van der Waals surface area contributed by atoms with Crippen LogP contribution in [-0.2, 0) is 13.6 Å². The molecule has 4 aromatic heterocycles. The van der Waals surface area contributed by atoms with Crippen LogP contribution in [0.4, 0.5) is 22.7 Å². The lowest BCUT2D eigenvalue weighted by molar-refractivity contribution is -0.385. The van der Waals surface area contributed by atoms with E-state index in [9.17, 15) is 39.4 Å². The molecule has 2 amide bonds. The van der Waals surface area contributed by atoms with Crippen LogP contribution in [0.5, 0.6) is 0 Å². The number of hydrogen-bond donors (Lipinski definition) is 0. The lowest BCUT2D eigenvalue weighted by atomic mass is 10.1. The second-order valence-corrected chi connectivity index (χ2v) is 17.3. The number of nitrogens with zero attached hydrogens (tertiary/aromatic N) is 9. The van der Waals surface area contributed by atoms with Gasteiger partial charge in [-0.2, -0.15) is 0 Å². The molecule has 0 bridgehead atoms. The fourth-order valence-corrected chi connectivity index (χ4v) is 9.50. The molecule has 2 aliphatic heterocycles. The number of fused-ring (bicyclic) bond motifs is 2. The number of anilines is 2. The summed E-state index contributed by atoms with van der Waals surface area (Å²) in [5.41, 5.74) is 1.00. The lowest BCUT2D eigenvalue weighted by Crippen LogP contribution is -2.49. The molecule has 0 aliphatic carbocycles. The Morgan fingerprint density at radius 3 is 1.69 bits per heavy atom. The number of benzene rings is 2. The van der Waals surface area contributed by atoms with Crippen LogP contribution in [0.2, 0.25) is 0 Å². The Balaban J connectivity index is 0.000000190. The molecule has 6 aromatic rings. The largest absolute Gasteiger partial charge is 0.362 e. The maximum absolute atomic E-state index is 13.4. The number of piperazine rings is 2. The van der Waals surface area contributed by atoms with E-state index in [1.165, 1.54) is 31.8 Å². The van der Waals surface area contributed by atoms with Gasteiger partial charge in [-0.1, -0.05) is 42.0 Å². The van der Waals surface area contributed by atoms with E-state index in [-0.39, 0.29) is 17.5 Å². The number of para-hydroxylation sites is 1. The quantitative estimate of drug-likeness (QED) is 0.122.